The monoisotopic (exact) mass is 464 g/mol. The normalized spacial score (nSPS) is 26.5. The van der Waals surface area contributed by atoms with Crippen molar-refractivity contribution in [2.24, 2.45) is 11.8 Å². The number of carbonyl (C=O) groups is 2. The van der Waals surface area contributed by atoms with Crippen LogP contribution in [0.1, 0.15) is 5.56 Å². The number of amides is 2. The van der Waals surface area contributed by atoms with Crippen molar-refractivity contribution >= 4 is 17.5 Å². The van der Waals surface area contributed by atoms with Gasteiger partial charge in [0.05, 0.1) is 45.8 Å². The lowest BCUT2D eigenvalue weighted by atomic mass is 9.77. The summed E-state index contributed by atoms with van der Waals surface area (Å²) < 4.78 is 22.4. The van der Waals surface area contributed by atoms with Crippen molar-refractivity contribution in [1.82, 2.24) is 4.90 Å². The van der Waals surface area contributed by atoms with Crippen LogP contribution in [0.4, 0.5) is 5.69 Å². The van der Waals surface area contributed by atoms with Crippen molar-refractivity contribution in [1.29, 1.82) is 0 Å². The molecule has 8 nitrogen and oxygen atoms in total. The molecule has 2 bridgehead atoms. The molecule has 2 amide bonds. The fourth-order valence-electron chi connectivity index (χ4n) is 5.35. The van der Waals surface area contributed by atoms with Crippen molar-refractivity contribution in [3.63, 3.8) is 0 Å². The first-order valence-electron chi connectivity index (χ1n) is 11.3. The molecule has 2 fully saturated rings. The summed E-state index contributed by atoms with van der Waals surface area (Å²) in [4.78, 5) is 28.7. The number of hydrogen-bond acceptors (Lipinski definition) is 6. The molecule has 5 rings (SSSR count). The number of nitrogens with one attached hydrogen (secondary N) is 1. The predicted octanol–water partition coefficient (Wildman–Crippen LogP) is 2.68. The Balaban J connectivity index is 1.34. The van der Waals surface area contributed by atoms with Gasteiger partial charge in [0.2, 0.25) is 17.6 Å². The van der Waals surface area contributed by atoms with E-state index in [2.05, 4.69) is 17.4 Å². The highest BCUT2D eigenvalue weighted by Gasteiger charge is 2.66. The molecule has 34 heavy (non-hydrogen) atoms. The van der Waals surface area contributed by atoms with Gasteiger partial charge in [0.15, 0.2) is 11.5 Å². The van der Waals surface area contributed by atoms with Gasteiger partial charge in [0, 0.05) is 24.4 Å². The number of anilines is 1. The maximum Gasteiger partial charge on any atom is 0.231 e. The second kappa shape index (κ2) is 8.68. The van der Waals surface area contributed by atoms with Crippen LogP contribution in [0.25, 0.3) is 0 Å². The molecular weight excluding hydrogens is 436 g/mol. The molecule has 1 spiro atoms. The lowest BCUT2D eigenvalue weighted by Crippen LogP contribution is -2.41. The van der Waals surface area contributed by atoms with Crippen LogP contribution in [0.3, 0.4) is 0 Å². The van der Waals surface area contributed by atoms with Gasteiger partial charge in [-0.25, -0.2) is 0 Å². The predicted molar refractivity (Wildman–Crippen MR) is 125 cm³/mol. The highest BCUT2D eigenvalue weighted by atomic mass is 16.5. The minimum Gasteiger partial charge on any atom is -0.493 e. The number of hydrogen-bond donors (Lipinski definition) is 1. The number of ether oxygens (including phenoxy) is 4. The molecule has 3 aliphatic heterocycles. The van der Waals surface area contributed by atoms with Crippen molar-refractivity contribution in [2.45, 2.75) is 18.1 Å². The molecule has 8 heteroatoms. The van der Waals surface area contributed by atoms with Crippen LogP contribution in [0, 0.1) is 11.8 Å². The highest BCUT2D eigenvalue weighted by molar-refractivity contribution is 5.99. The van der Waals surface area contributed by atoms with E-state index in [-0.39, 0.29) is 11.8 Å². The molecule has 3 aliphatic rings. The number of methoxy groups -OCH3 is 3. The van der Waals surface area contributed by atoms with Crippen LogP contribution in [0.15, 0.2) is 54.6 Å². The van der Waals surface area contributed by atoms with E-state index in [0.717, 1.165) is 6.42 Å². The standard InChI is InChI=1S/C26H28N2O6/c1-31-19-13-17(14-20(32-2)23(19)33-3)27-24(29)21-18-9-11-26(34-18)15-28(25(30)22(21)26)12-10-16-7-5-4-6-8-16/h4-9,11,13-14,18,21-22H,10,12,15H2,1-3H3,(H,27,29)/t18-,21?,22?,26+/m0/s1. The number of rotatable bonds is 8. The Labute approximate surface area is 198 Å². The summed E-state index contributed by atoms with van der Waals surface area (Å²) in [6.07, 6.45) is 4.20. The van der Waals surface area contributed by atoms with Gasteiger partial charge < -0.3 is 29.2 Å². The summed E-state index contributed by atoms with van der Waals surface area (Å²) in [6, 6.07) is 13.4. The Bertz CT molecular complexity index is 1110. The molecule has 2 saturated heterocycles. The van der Waals surface area contributed by atoms with E-state index >= 15 is 0 Å². The Kier molecular flexibility index (Phi) is 5.69. The second-order valence-corrected chi connectivity index (χ2v) is 8.80. The lowest BCUT2D eigenvalue weighted by molar-refractivity contribution is -0.135. The van der Waals surface area contributed by atoms with E-state index in [9.17, 15) is 9.59 Å². The first-order chi connectivity index (χ1) is 16.5. The number of benzene rings is 2. The average Bonchev–Trinajstić information content (AvgIpc) is 3.50. The molecule has 1 N–H and O–H groups in total. The first-order valence-corrected chi connectivity index (χ1v) is 11.3. The highest BCUT2D eigenvalue weighted by Crippen LogP contribution is 2.52. The number of fused-ring (bicyclic) bond motifs is 1. The van der Waals surface area contributed by atoms with Crippen LogP contribution >= 0.6 is 0 Å². The molecule has 3 heterocycles. The summed E-state index contributed by atoms with van der Waals surface area (Å²) in [5.41, 5.74) is 0.921. The molecular formula is C26H28N2O6. The summed E-state index contributed by atoms with van der Waals surface area (Å²) in [6.45, 7) is 1.05. The summed E-state index contributed by atoms with van der Waals surface area (Å²) >= 11 is 0. The Morgan fingerprint density at radius 1 is 1.12 bits per heavy atom. The van der Waals surface area contributed by atoms with Gasteiger partial charge in [-0.05, 0) is 12.0 Å². The zero-order chi connectivity index (χ0) is 23.9. The fraction of sp³-hybridized carbons (Fsp3) is 0.385. The van der Waals surface area contributed by atoms with Crippen LogP contribution < -0.4 is 19.5 Å². The van der Waals surface area contributed by atoms with Gasteiger partial charge in [0.25, 0.3) is 0 Å². The van der Waals surface area contributed by atoms with Crippen molar-refractivity contribution in [3.8, 4) is 17.2 Å². The van der Waals surface area contributed by atoms with Crippen LogP contribution in [-0.2, 0) is 20.7 Å². The molecule has 2 aromatic carbocycles. The lowest BCUT2D eigenvalue weighted by Gasteiger charge is -2.24. The molecule has 2 unspecified atom stereocenters. The molecule has 0 radical (unpaired) electrons. The van der Waals surface area contributed by atoms with Crippen LogP contribution in [0.2, 0.25) is 0 Å². The van der Waals surface area contributed by atoms with Gasteiger partial charge in [0.1, 0.15) is 5.60 Å². The Morgan fingerprint density at radius 2 is 1.82 bits per heavy atom. The topological polar surface area (TPSA) is 86.3 Å². The van der Waals surface area contributed by atoms with Gasteiger partial charge in [-0.3, -0.25) is 9.59 Å². The average molecular weight is 465 g/mol. The number of nitrogens with zero attached hydrogens (tertiary/aromatic N) is 1. The molecule has 2 aromatic rings. The van der Waals surface area contributed by atoms with Gasteiger partial charge in [-0.2, -0.15) is 0 Å². The van der Waals surface area contributed by atoms with Crippen molar-refractivity contribution < 1.29 is 28.5 Å². The minimum atomic E-state index is -0.740. The third-order valence-electron chi connectivity index (χ3n) is 6.93. The quantitative estimate of drug-likeness (QED) is 0.605. The molecule has 0 aromatic heterocycles. The number of likely N-dealkylation sites (tertiary alicyclic amines) is 1. The van der Waals surface area contributed by atoms with Crippen molar-refractivity contribution in [3.05, 3.63) is 60.2 Å². The third kappa shape index (κ3) is 3.58. The third-order valence-corrected chi connectivity index (χ3v) is 6.93. The van der Waals surface area contributed by atoms with E-state index in [4.69, 9.17) is 18.9 Å². The van der Waals surface area contributed by atoms with E-state index in [1.807, 2.05) is 35.3 Å². The van der Waals surface area contributed by atoms with E-state index < -0.39 is 23.5 Å². The van der Waals surface area contributed by atoms with Gasteiger partial charge in [-0.15, -0.1) is 0 Å². The molecule has 178 valence electrons. The number of carbonyl (C=O) groups excluding carboxylic acids is 2. The van der Waals surface area contributed by atoms with E-state index in [1.165, 1.54) is 26.9 Å². The smallest absolute Gasteiger partial charge is 0.231 e. The van der Waals surface area contributed by atoms with E-state index in [1.54, 1.807) is 12.1 Å². The minimum absolute atomic E-state index is 0.0344. The Morgan fingerprint density at radius 3 is 2.47 bits per heavy atom. The van der Waals surface area contributed by atoms with Crippen LogP contribution in [0.5, 0.6) is 17.2 Å². The van der Waals surface area contributed by atoms with Crippen molar-refractivity contribution in [2.75, 3.05) is 39.7 Å². The SMILES string of the molecule is COc1cc(NC(=O)C2C3C(=O)N(CCc4ccccc4)C[C@]34C=C[C@@H]2O4)cc(OC)c1OC. The van der Waals surface area contributed by atoms with Crippen LogP contribution in [-0.4, -0.2) is 62.8 Å². The van der Waals surface area contributed by atoms with Gasteiger partial charge >= 0.3 is 0 Å². The molecule has 0 aliphatic carbocycles. The second-order valence-electron chi connectivity index (χ2n) is 8.80. The summed E-state index contributed by atoms with van der Waals surface area (Å²) in [5.74, 6) is -0.156. The molecule has 4 atom stereocenters. The van der Waals surface area contributed by atoms with E-state index in [0.29, 0.717) is 36.0 Å². The van der Waals surface area contributed by atoms with Gasteiger partial charge in [-0.1, -0.05) is 42.5 Å². The largest absolute Gasteiger partial charge is 0.493 e. The fourth-order valence-corrected chi connectivity index (χ4v) is 5.35. The maximum atomic E-state index is 13.4. The zero-order valence-corrected chi connectivity index (χ0v) is 19.4. The summed E-state index contributed by atoms with van der Waals surface area (Å²) in [7, 11) is 4.55. The molecule has 0 saturated carbocycles. The zero-order valence-electron chi connectivity index (χ0n) is 19.4. The Hall–Kier alpha value is -3.52. The first kappa shape index (κ1) is 22.3. The maximum absolute atomic E-state index is 13.4. The summed E-state index contributed by atoms with van der Waals surface area (Å²) in [5, 5.41) is 2.93.